The maximum absolute atomic E-state index is 11.9. The van der Waals surface area contributed by atoms with Crippen molar-refractivity contribution in [2.75, 3.05) is 12.9 Å². The van der Waals surface area contributed by atoms with Crippen LogP contribution in [-0.4, -0.2) is 34.6 Å². The number of hydrogen-bond acceptors (Lipinski definition) is 9. The summed E-state index contributed by atoms with van der Waals surface area (Å²) in [4.78, 5) is 11.9. The minimum absolute atomic E-state index is 0.0705. The number of benzene rings is 1. The van der Waals surface area contributed by atoms with E-state index >= 15 is 0 Å². The van der Waals surface area contributed by atoms with Gasteiger partial charge in [0.15, 0.2) is 14.5 Å². The van der Waals surface area contributed by atoms with Gasteiger partial charge in [-0.25, -0.2) is 0 Å². The van der Waals surface area contributed by atoms with Crippen LogP contribution in [0, 0.1) is 22.7 Å². The molecule has 1 unspecified atom stereocenters. The van der Waals surface area contributed by atoms with Gasteiger partial charge in [0.25, 0.3) is 0 Å². The van der Waals surface area contributed by atoms with E-state index < -0.39 is 5.92 Å². The summed E-state index contributed by atoms with van der Waals surface area (Å²) in [6.07, 6.45) is 0. The number of methoxy groups -OCH3 is 1. The molecule has 9 heteroatoms. The van der Waals surface area contributed by atoms with E-state index in [4.69, 9.17) is 15.4 Å². The molecule has 0 bridgehead atoms. The second-order valence-corrected chi connectivity index (χ2v) is 8.39. The van der Waals surface area contributed by atoms with Crippen molar-refractivity contribution in [2.24, 2.45) is 5.92 Å². The number of hydrogen-bond donors (Lipinski definition) is 1. The first-order valence-corrected chi connectivity index (χ1v) is 10.0. The van der Waals surface area contributed by atoms with Crippen molar-refractivity contribution in [1.29, 1.82) is 10.7 Å². The predicted molar refractivity (Wildman–Crippen MR) is 101 cm³/mol. The second kappa shape index (κ2) is 9.56. The van der Waals surface area contributed by atoms with Gasteiger partial charge in [-0.05, 0) is 24.6 Å². The summed E-state index contributed by atoms with van der Waals surface area (Å²) in [7, 11) is 1.64. The van der Waals surface area contributed by atoms with Gasteiger partial charge in [0.05, 0.1) is 18.9 Å². The van der Waals surface area contributed by atoms with E-state index in [1.807, 2.05) is 30.3 Å². The number of nitrogens with one attached hydrogen (secondary N) is 1. The Kier molecular flexibility index (Phi) is 7.43. The number of aromatic nitrogens is 2. The van der Waals surface area contributed by atoms with Gasteiger partial charge in [0.2, 0.25) is 0 Å². The molecule has 0 aliphatic carbocycles. The maximum atomic E-state index is 11.9. The number of carbonyl (C=O) groups excluding carboxylic acids is 1. The highest BCUT2D eigenvalue weighted by molar-refractivity contribution is 8.03. The Hall–Kier alpha value is -1.89. The molecule has 0 saturated carbocycles. The zero-order valence-electron chi connectivity index (χ0n) is 13.7. The molecule has 0 aliphatic rings. The summed E-state index contributed by atoms with van der Waals surface area (Å²) in [5, 5.41) is 24.5. The number of carbonyl (C=O) groups is 1. The average molecular weight is 393 g/mol. The lowest BCUT2D eigenvalue weighted by Crippen LogP contribution is -2.21. The summed E-state index contributed by atoms with van der Waals surface area (Å²) in [5.74, 6) is 0.466. The van der Waals surface area contributed by atoms with Crippen molar-refractivity contribution in [2.45, 2.75) is 21.4 Å². The van der Waals surface area contributed by atoms with Gasteiger partial charge in [-0.15, -0.1) is 10.2 Å². The fraction of sp³-hybridized carbons (Fsp3) is 0.312. The van der Waals surface area contributed by atoms with Crippen LogP contribution in [0.3, 0.4) is 0 Å². The average Bonchev–Trinajstić information content (AvgIpc) is 3.07. The molecule has 1 atom stereocenters. The Morgan fingerprint density at radius 2 is 1.96 bits per heavy atom. The summed E-state index contributed by atoms with van der Waals surface area (Å²) >= 11 is 4.25. The third kappa shape index (κ3) is 5.85. The van der Waals surface area contributed by atoms with Crippen LogP contribution >= 0.6 is 34.9 Å². The van der Waals surface area contributed by atoms with E-state index in [9.17, 15) is 4.79 Å². The minimum atomic E-state index is -0.968. The molecule has 130 valence electrons. The van der Waals surface area contributed by atoms with Crippen LogP contribution in [0.4, 0.5) is 0 Å². The van der Waals surface area contributed by atoms with Gasteiger partial charge in [-0.3, -0.25) is 4.79 Å². The lowest BCUT2D eigenvalue weighted by atomic mass is 10.0. The minimum Gasteiger partial charge on any atom is -0.497 e. The molecule has 6 nitrogen and oxygen atoms in total. The van der Waals surface area contributed by atoms with Crippen LogP contribution in [0.1, 0.15) is 12.5 Å². The van der Waals surface area contributed by atoms with Crippen LogP contribution in [-0.2, 0) is 10.5 Å². The van der Waals surface area contributed by atoms with Crippen LogP contribution in [0.25, 0.3) is 0 Å². The zero-order valence-corrected chi connectivity index (χ0v) is 16.1. The molecule has 2 rings (SSSR count). The summed E-state index contributed by atoms with van der Waals surface area (Å²) in [6.45, 7) is 1.47. The highest BCUT2D eigenvalue weighted by Crippen LogP contribution is 2.31. The SMILES string of the molecule is COc1ccc(CSc2nnc(SCC(=O)C(C#N)C(C)=N)s2)cc1. The number of ether oxygens (including phenoxy) is 1. The van der Waals surface area contributed by atoms with Gasteiger partial charge in [-0.1, -0.05) is 47.0 Å². The van der Waals surface area contributed by atoms with E-state index in [-0.39, 0.29) is 17.2 Å². The van der Waals surface area contributed by atoms with E-state index in [0.717, 1.165) is 21.4 Å². The van der Waals surface area contributed by atoms with E-state index in [1.165, 1.54) is 30.0 Å². The van der Waals surface area contributed by atoms with Gasteiger partial charge in [0.1, 0.15) is 11.7 Å². The standard InChI is InChI=1S/C16H16N4O2S3/c1-10(18)13(7-17)14(21)9-24-16-20-19-15(25-16)23-8-11-3-5-12(22-2)6-4-11/h3-6,13,18H,8-9H2,1-2H3. The van der Waals surface area contributed by atoms with Crippen molar-refractivity contribution in [3.05, 3.63) is 29.8 Å². The van der Waals surface area contributed by atoms with Gasteiger partial charge < -0.3 is 10.1 Å². The lowest BCUT2D eigenvalue weighted by Gasteiger charge is -2.04. The molecular weight excluding hydrogens is 376 g/mol. The molecule has 1 N–H and O–H groups in total. The van der Waals surface area contributed by atoms with Crippen molar-refractivity contribution in [3.63, 3.8) is 0 Å². The number of Topliss-reactive ketones (excluding diaryl/α,β-unsaturated/α-hetero) is 1. The fourth-order valence-corrected chi connectivity index (χ4v) is 4.69. The van der Waals surface area contributed by atoms with Crippen molar-refractivity contribution in [3.8, 4) is 11.8 Å². The van der Waals surface area contributed by atoms with Crippen molar-refractivity contribution >= 4 is 46.4 Å². The Labute approximate surface area is 158 Å². The first kappa shape index (κ1) is 19.4. The molecule has 2 aromatic rings. The van der Waals surface area contributed by atoms with Crippen LogP contribution in [0.15, 0.2) is 32.9 Å². The Morgan fingerprint density at radius 3 is 2.52 bits per heavy atom. The van der Waals surface area contributed by atoms with Gasteiger partial charge in [0, 0.05) is 11.5 Å². The third-order valence-corrected chi connectivity index (χ3v) is 6.41. The molecule has 1 heterocycles. The Morgan fingerprint density at radius 1 is 1.32 bits per heavy atom. The highest BCUT2D eigenvalue weighted by atomic mass is 32.2. The first-order chi connectivity index (χ1) is 12.0. The Balaban J connectivity index is 1.84. The molecule has 0 aliphatic heterocycles. The molecular formula is C16H16N4O2S3. The zero-order chi connectivity index (χ0) is 18.2. The number of ketones is 1. The largest absolute Gasteiger partial charge is 0.497 e. The van der Waals surface area contributed by atoms with Crippen LogP contribution in [0.5, 0.6) is 5.75 Å². The van der Waals surface area contributed by atoms with Gasteiger partial charge in [-0.2, -0.15) is 5.26 Å². The molecule has 0 amide bonds. The monoisotopic (exact) mass is 392 g/mol. The van der Waals surface area contributed by atoms with Crippen LogP contribution in [0.2, 0.25) is 0 Å². The number of rotatable bonds is 9. The van der Waals surface area contributed by atoms with Crippen LogP contribution < -0.4 is 4.74 Å². The van der Waals surface area contributed by atoms with Crippen molar-refractivity contribution in [1.82, 2.24) is 10.2 Å². The third-order valence-electron chi connectivity index (χ3n) is 3.13. The molecule has 0 fully saturated rings. The van der Waals surface area contributed by atoms with E-state index in [2.05, 4.69) is 10.2 Å². The van der Waals surface area contributed by atoms with E-state index in [1.54, 1.807) is 18.9 Å². The quantitative estimate of drug-likeness (QED) is 0.513. The maximum Gasteiger partial charge on any atom is 0.175 e. The molecule has 0 radical (unpaired) electrons. The molecule has 25 heavy (non-hydrogen) atoms. The summed E-state index contributed by atoms with van der Waals surface area (Å²) in [5.41, 5.74) is 1.23. The lowest BCUT2D eigenvalue weighted by molar-refractivity contribution is -0.117. The summed E-state index contributed by atoms with van der Waals surface area (Å²) in [6, 6.07) is 9.70. The molecule has 1 aromatic carbocycles. The first-order valence-electron chi connectivity index (χ1n) is 7.23. The second-order valence-electron chi connectivity index (χ2n) is 4.97. The molecule has 0 spiro atoms. The summed E-state index contributed by atoms with van der Waals surface area (Å²) < 4.78 is 6.64. The molecule has 0 saturated heterocycles. The fourth-order valence-electron chi connectivity index (χ4n) is 1.81. The number of nitrogens with zero attached hydrogens (tertiary/aromatic N) is 3. The highest BCUT2D eigenvalue weighted by Gasteiger charge is 2.20. The van der Waals surface area contributed by atoms with Gasteiger partial charge >= 0.3 is 0 Å². The van der Waals surface area contributed by atoms with Crippen molar-refractivity contribution < 1.29 is 9.53 Å². The topological polar surface area (TPSA) is 99.7 Å². The normalized spacial score (nSPS) is 11.6. The van der Waals surface area contributed by atoms with E-state index in [0.29, 0.717) is 4.34 Å². The molecule has 1 aromatic heterocycles. The predicted octanol–water partition coefficient (Wildman–Crippen LogP) is 3.68. The Bertz CT molecular complexity index is 783. The number of thioether (sulfide) groups is 2. The number of nitriles is 1. The smallest absolute Gasteiger partial charge is 0.175 e.